The predicted molar refractivity (Wildman–Crippen MR) is 79.6 cm³/mol. The molecule has 0 saturated heterocycles. The van der Waals surface area contributed by atoms with Gasteiger partial charge in [-0.05, 0) is 32.0 Å². The van der Waals surface area contributed by atoms with Crippen LogP contribution in [0.3, 0.4) is 0 Å². The predicted octanol–water partition coefficient (Wildman–Crippen LogP) is 2.27. The second kappa shape index (κ2) is 7.88. The highest BCUT2D eigenvalue weighted by molar-refractivity contribution is 5.42. The lowest BCUT2D eigenvalue weighted by Gasteiger charge is -2.29. The van der Waals surface area contributed by atoms with Crippen LogP contribution in [0.5, 0.6) is 5.75 Å². The van der Waals surface area contributed by atoms with Crippen molar-refractivity contribution in [2.75, 3.05) is 20.2 Å². The van der Waals surface area contributed by atoms with E-state index in [0.29, 0.717) is 29.8 Å². The minimum atomic E-state index is -0.576. The maximum atomic E-state index is 10.0. The summed E-state index contributed by atoms with van der Waals surface area (Å²) in [5.74, 6) is 1.06. The van der Waals surface area contributed by atoms with Crippen LogP contribution in [0.1, 0.15) is 26.3 Å². The highest BCUT2D eigenvalue weighted by Crippen LogP contribution is 2.17. The van der Waals surface area contributed by atoms with E-state index < -0.39 is 6.10 Å². The van der Waals surface area contributed by atoms with Crippen LogP contribution in [0.2, 0.25) is 0 Å². The van der Waals surface area contributed by atoms with Crippen LogP contribution in [-0.4, -0.2) is 42.4 Å². The highest BCUT2D eigenvalue weighted by Gasteiger charge is 2.17. The Balaban J connectivity index is 2.48. The molecule has 0 aromatic heterocycles. The van der Waals surface area contributed by atoms with Crippen molar-refractivity contribution in [2.24, 2.45) is 5.92 Å². The molecule has 20 heavy (non-hydrogen) atoms. The van der Waals surface area contributed by atoms with Crippen molar-refractivity contribution in [3.63, 3.8) is 0 Å². The molecule has 0 aliphatic rings. The number of aliphatic hydroxyl groups excluding tert-OH is 1. The van der Waals surface area contributed by atoms with Gasteiger partial charge in [-0.25, -0.2) is 0 Å². The molecule has 2 unspecified atom stereocenters. The molecule has 0 heterocycles. The van der Waals surface area contributed by atoms with Gasteiger partial charge in [-0.15, -0.1) is 0 Å². The van der Waals surface area contributed by atoms with E-state index in [2.05, 4.69) is 31.7 Å². The van der Waals surface area contributed by atoms with E-state index >= 15 is 0 Å². The van der Waals surface area contributed by atoms with Gasteiger partial charge in [-0.1, -0.05) is 26.0 Å². The molecule has 4 nitrogen and oxygen atoms in total. The molecular formula is C16H24N2O2. The number of nitriles is 1. The molecule has 0 radical (unpaired) electrons. The SMILES string of the molecule is CC(C)C(C)N(C)CC(O)COc1ccccc1C#N. The zero-order chi connectivity index (χ0) is 15.1. The van der Waals surface area contributed by atoms with E-state index in [9.17, 15) is 5.11 Å². The monoisotopic (exact) mass is 276 g/mol. The van der Waals surface area contributed by atoms with Crippen molar-refractivity contribution >= 4 is 0 Å². The van der Waals surface area contributed by atoms with E-state index in [1.165, 1.54) is 0 Å². The number of rotatable bonds is 7. The maximum absolute atomic E-state index is 10.0. The molecule has 0 bridgehead atoms. The number of para-hydroxylation sites is 1. The zero-order valence-corrected chi connectivity index (χ0v) is 12.7. The molecule has 1 aromatic carbocycles. The molecule has 2 atom stereocenters. The second-order valence-electron chi connectivity index (χ2n) is 5.50. The lowest BCUT2D eigenvalue weighted by atomic mass is 10.1. The summed E-state index contributed by atoms with van der Waals surface area (Å²) in [6, 6.07) is 9.53. The summed E-state index contributed by atoms with van der Waals surface area (Å²) >= 11 is 0. The van der Waals surface area contributed by atoms with Gasteiger partial charge in [0.05, 0.1) is 5.56 Å². The topological polar surface area (TPSA) is 56.5 Å². The van der Waals surface area contributed by atoms with Crippen LogP contribution in [0, 0.1) is 17.2 Å². The lowest BCUT2D eigenvalue weighted by molar-refractivity contribution is 0.0582. The van der Waals surface area contributed by atoms with Crippen molar-refractivity contribution < 1.29 is 9.84 Å². The third-order valence-electron chi connectivity index (χ3n) is 3.60. The second-order valence-corrected chi connectivity index (χ2v) is 5.50. The van der Waals surface area contributed by atoms with Gasteiger partial charge in [-0.2, -0.15) is 5.26 Å². The quantitative estimate of drug-likeness (QED) is 0.830. The number of likely N-dealkylation sites (N-methyl/N-ethyl adjacent to an activating group) is 1. The van der Waals surface area contributed by atoms with E-state index in [1.807, 2.05) is 13.1 Å². The summed E-state index contributed by atoms with van der Waals surface area (Å²) in [6.45, 7) is 7.20. The molecule has 0 saturated carbocycles. The van der Waals surface area contributed by atoms with Crippen molar-refractivity contribution in [2.45, 2.75) is 32.9 Å². The van der Waals surface area contributed by atoms with Crippen LogP contribution in [0.15, 0.2) is 24.3 Å². The van der Waals surface area contributed by atoms with Crippen molar-refractivity contribution in [3.05, 3.63) is 29.8 Å². The van der Waals surface area contributed by atoms with E-state index in [-0.39, 0.29) is 6.61 Å². The summed E-state index contributed by atoms with van der Waals surface area (Å²) in [4.78, 5) is 2.12. The number of benzene rings is 1. The number of aliphatic hydroxyl groups is 1. The molecule has 110 valence electrons. The van der Waals surface area contributed by atoms with Crippen molar-refractivity contribution in [1.82, 2.24) is 4.90 Å². The molecule has 0 fully saturated rings. The fraction of sp³-hybridized carbons (Fsp3) is 0.562. The number of ether oxygens (including phenoxy) is 1. The van der Waals surface area contributed by atoms with Crippen molar-refractivity contribution in [3.8, 4) is 11.8 Å². The first-order valence-electron chi connectivity index (χ1n) is 6.96. The van der Waals surface area contributed by atoms with Gasteiger partial charge >= 0.3 is 0 Å². The first kappa shape index (κ1) is 16.5. The maximum Gasteiger partial charge on any atom is 0.137 e. The molecule has 0 spiro atoms. The molecule has 4 heteroatoms. The standard InChI is InChI=1S/C16H24N2O2/c1-12(2)13(3)18(4)10-15(19)11-20-16-8-6-5-7-14(16)9-17/h5-8,12-13,15,19H,10-11H2,1-4H3. The molecule has 0 aliphatic heterocycles. The summed E-state index contributed by atoms with van der Waals surface area (Å²) in [5, 5.41) is 19.0. The Hall–Kier alpha value is -1.57. The van der Waals surface area contributed by atoms with Gasteiger partial charge in [0.1, 0.15) is 24.5 Å². The minimum Gasteiger partial charge on any atom is -0.489 e. The Labute approximate surface area is 121 Å². The van der Waals surface area contributed by atoms with Gasteiger partial charge in [0.2, 0.25) is 0 Å². The fourth-order valence-electron chi connectivity index (χ4n) is 1.93. The minimum absolute atomic E-state index is 0.188. The van der Waals surface area contributed by atoms with Crippen LogP contribution in [0.25, 0.3) is 0 Å². The molecular weight excluding hydrogens is 252 g/mol. The van der Waals surface area contributed by atoms with Gasteiger partial charge in [-0.3, -0.25) is 0 Å². The molecule has 1 N–H and O–H groups in total. The van der Waals surface area contributed by atoms with Gasteiger partial charge < -0.3 is 14.7 Å². The van der Waals surface area contributed by atoms with Gasteiger partial charge in [0.25, 0.3) is 0 Å². The Kier molecular flexibility index (Phi) is 6.50. The van der Waals surface area contributed by atoms with Gasteiger partial charge in [0, 0.05) is 12.6 Å². The average molecular weight is 276 g/mol. The molecule has 0 amide bonds. The first-order chi connectivity index (χ1) is 9.45. The Morgan fingerprint density at radius 2 is 1.95 bits per heavy atom. The molecule has 1 rings (SSSR count). The number of nitrogens with zero attached hydrogens (tertiary/aromatic N) is 2. The average Bonchev–Trinajstić information content (AvgIpc) is 2.44. The third-order valence-corrected chi connectivity index (χ3v) is 3.60. The van der Waals surface area contributed by atoms with Crippen LogP contribution < -0.4 is 4.74 Å². The Bertz CT molecular complexity index is 454. The summed E-state index contributed by atoms with van der Waals surface area (Å²) in [6.07, 6.45) is -0.576. The Morgan fingerprint density at radius 1 is 1.30 bits per heavy atom. The van der Waals surface area contributed by atoms with Crippen molar-refractivity contribution in [1.29, 1.82) is 5.26 Å². The number of hydrogen-bond donors (Lipinski definition) is 1. The summed E-state index contributed by atoms with van der Waals surface area (Å²) in [7, 11) is 2.00. The normalized spacial score (nSPS) is 14.1. The lowest BCUT2D eigenvalue weighted by Crippen LogP contribution is -2.40. The smallest absolute Gasteiger partial charge is 0.137 e. The van der Waals surface area contributed by atoms with Crippen LogP contribution >= 0.6 is 0 Å². The summed E-state index contributed by atoms with van der Waals surface area (Å²) < 4.78 is 5.53. The summed E-state index contributed by atoms with van der Waals surface area (Å²) in [5.41, 5.74) is 0.489. The van der Waals surface area contributed by atoms with Crippen LogP contribution in [0.4, 0.5) is 0 Å². The van der Waals surface area contributed by atoms with Gasteiger partial charge in [0.15, 0.2) is 0 Å². The Morgan fingerprint density at radius 3 is 2.55 bits per heavy atom. The van der Waals surface area contributed by atoms with E-state index in [1.54, 1.807) is 18.2 Å². The highest BCUT2D eigenvalue weighted by atomic mass is 16.5. The zero-order valence-electron chi connectivity index (χ0n) is 12.7. The fourth-order valence-corrected chi connectivity index (χ4v) is 1.93. The van der Waals surface area contributed by atoms with E-state index in [4.69, 9.17) is 10.00 Å². The number of hydrogen-bond acceptors (Lipinski definition) is 4. The van der Waals surface area contributed by atoms with Crippen LogP contribution in [-0.2, 0) is 0 Å². The third kappa shape index (κ3) is 4.84. The first-order valence-corrected chi connectivity index (χ1v) is 6.96. The molecule has 1 aromatic rings. The largest absolute Gasteiger partial charge is 0.489 e. The molecule has 0 aliphatic carbocycles. The van der Waals surface area contributed by atoms with E-state index in [0.717, 1.165) is 0 Å².